The van der Waals surface area contributed by atoms with Gasteiger partial charge in [0.05, 0.1) is 0 Å². The van der Waals surface area contributed by atoms with Crippen LogP contribution in [0.2, 0.25) is 0 Å². The van der Waals surface area contributed by atoms with Gasteiger partial charge < -0.3 is 24.6 Å². The minimum absolute atomic E-state index is 0.116. The van der Waals surface area contributed by atoms with Gasteiger partial charge in [-0.05, 0) is 38.5 Å². The molecule has 1 aromatic rings. The molecule has 0 radical (unpaired) electrons. The van der Waals surface area contributed by atoms with Crippen LogP contribution in [0.5, 0.6) is 11.5 Å². The maximum absolute atomic E-state index is 11.7. The topological polar surface area (TPSA) is 94.1 Å². The van der Waals surface area contributed by atoms with E-state index in [4.69, 9.17) is 14.2 Å². The normalized spacial score (nSPS) is 14.3. The van der Waals surface area contributed by atoms with E-state index < -0.39 is 23.7 Å². The van der Waals surface area contributed by atoms with Gasteiger partial charge in [0, 0.05) is 6.42 Å². The maximum atomic E-state index is 11.7. The van der Waals surface area contributed by atoms with Gasteiger partial charge in [-0.25, -0.2) is 9.59 Å². The lowest BCUT2D eigenvalue weighted by molar-refractivity contribution is -0.139. The van der Waals surface area contributed by atoms with Gasteiger partial charge in [0.1, 0.15) is 11.6 Å². The summed E-state index contributed by atoms with van der Waals surface area (Å²) < 4.78 is 15.5. The van der Waals surface area contributed by atoms with Gasteiger partial charge in [-0.1, -0.05) is 6.07 Å². The molecule has 1 atom stereocenters. The van der Waals surface area contributed by atoms with Crippen molar-refractivity contribution >= 4 is 12.1 Å². The molecule has 0 spiro atoms. The molecule has 2 N–H and O–H groups in total. The van der Waals surface area contributed by atoms with E-state index >= 15 is 0 Å². The van der Waals surface area contributed by atoms with Crippen molar-refractivity contribution in [3.05, 3.63) is 23.8 Å². The Morgan fingerprint density at radius 2 is 2.00 bits per heavy atom. The lowest BCUT2D eigenvalue weighted by Crippen LogP contribution is -2.44. The molecule has 0 saturated heterocycles. The summed E-state index contributed by atoms with van der Waals surface area (Å²) in [5.41, 5.74) is 0.0269. The van der Waals surface area contributed by atoms with Crippen LogP contribution in [-0.2, 0) is 16.0 Å². The van der Waals surface area contributed by atoms with Crippen molar-refractivity contribution in [1.29, 1.82) is 0 Å². The number of carboxylic acid groups (broad SMARTS) is 1. The number of aliphatic carboxylic acids is 1. The van der Waals surface area contributed by atoms with Crippen LogP contribution < -0.4 is 14.8 Å². The number of carbonyl (C=O) groups is 2. The van der Waals surface area contributed by atoms with Crippen LogP contribution in [0.25, 0.3) is 0 Å². The molecule has 7 heteroatoms. The number of ether oxygens (including phenoxy) is 3. The Morgan fingerprint density at radius 1 is 1.32 bits per heavy atom. The summed E-state index contributed by atoms with van der Waals surface area (Å²) in [5.74, 6) is 0.0539. The van der Waals surface area contributed by atoms with Crippen LogP contribution >= 0.6 is 0 Å². The lowest BCUT2D eigenvalue weighted by Gasteiger charge is -2.22. The molecule has 1 heterocycles. The summed E-state index contributed by atoms with van der Waals surface area (Å²) in [4.78, 5) is 23.0. The summed E-state index contributed by atoms with van der Waals surface area (Å²) >= 11 is 0. The number of alkyl carbamates (subject to hydrolysis) is 1. The highest BCUT2D eigenvalue weighted by Crippen LogP contribution is 2.32. The van der Waals surface area contributed by atoms with E-state index in [-0.39, 0.29) is 13.2 Å². The van der Waals surface area contributed by atoms with E-state index in [1.54, 1.807) is 39.0 Å². The highest BCUT2D eigenvalue weighted by atomic mass is 16.7. The molecule has 1 aliphatic heterocycles. The minimum Gasteiger partial charge on any atom is -0.480 e. The second-order valence-corrected chi connectivity index (χ2v) is 5.93. The third kappa shape index (κ3) is 4.28. The van der Waals surface area contributed by atoms with Crippen molar-refractivity contribution in [2.45, 2.75) is 38.8 Å². The summed E-state index contributed by atoms with van der Waals surface area (Å²) in [6.07, 6.45) is -0.647. The Kier molecular flexibility index (Phi) is 4.44. The summed E-state index contributed by atoms with van der Waals surface area (Å²) in [7, 11) is 0. The number of fused-ring (bicyclic) bond motifs is 1. The zero-order valence-electron chi connectivity index (χ0n) is 12.7. The predicted octanol–water partition coefficient (Wildman–Crippen LogP) is 1.94. The van der Waals surface area contributed by atoms with Crippen molar-refractivity contribution in [2.75, 3.05) is 6.79 Å². The first-order valence-electron chi connectivity index (χ1n) is 6.85. The fraction of sp³-hybridized carbons (Fsp3) is 0.467. The van der Waals surface area contributed by atoms with E-state index in [1.165, 1.54) is 0 Å². The summed E-state index contributed by atoms with van der Waals surface area (Å²) in [6, 6.07) is 4.06. The Hall–Kier alpha value is -2.44. The molecule has 0 unspecified atom stereocenters. The van der Waals surface area contributed by atoms with Crippen LogP contribution in [0.3, 0.4) is 0 Å². The molecule has 1 aromatic carbocycles. The van der Waals surface area contributed by atoms with Crippen LogP contribution in [0, 0.1) is 0 Å². The molecule has 0 saturated carbocycles. The maximum Gasteiger partial charge on any atom is 0.408 e. The number of nitrogens with one attached hydrogen (secondary N) is 1. The third-order valence-corrected chi connectivity index (χ3v) is 2.87. The van der Waals surface area contributed by atoms with Crippen molar-refractivity contribution in [3.63, 3.8) is 0 Å². The van der Waals surface area contributed by atoms with Crippen molar-refractivity contribution in [1.82, 2.24) is 5.32 Å². The first kappa shape index (κ1) is 15.9. The minimum atomic E-state index is -1.14. The van der Waals surface area contributed by atoms with E-state index in [1.807, 2.05) is 0 Å². The number of hydrogen-bond donors (Lipinski definition) is 2. The standard InChI is InChI=1S/C15H19NO6/c1-15(2,3)22-14(19)16-10(13(17)18)6-9-4-5-11-12(7-9)21-8-20-11/h4-5,7,10H,6,8H2,1-3H3,(H,16,19)(H,17,18)/t10-/m1/s1. The number of carboxylic acids is 1. The Morgan fingerprint density at radius 3 is 2.64 bits per heavy atom. The fourth-order valence-corrected chi connectivity index (χ4v) is 1.95. The number of hydrogen-bond acceptors (Lipinski definition) is 5. The van der Waals surface area contributed by atoms with E-state index in [0.717, 1.165) is 0 Å². The fourth-order valence-electron chi connectivity index (χ4n) is 1.95. The molecular formula is C15H19NO6. The van der Waals surface area contributed by atoms with Gasteiger partial charge in [0.25, 0.3) is 0 Å². The first-order chi connectivity index (χ1) is 10.2. The van der Waals surface area contributed by atoms with Crippen molar-refractivity contribution in [2.24, 2.45) is 0 Å². The van der Waals surface area contributed by atoms with Crippen molar-refractivity contribution < 1.29 is 28.9 Å². The summed E-state index contributed by atoms with van der Waals surface area (Å²) in [5, 5.41) is 11.6. The van der Waals surface area contributed by atoms with Gasteiger partial charge in [-0.3, -0.25) is 0 Å². The monoisotopic (exact) mass is 309 g/mol. The zero-order valence-corrected chi connectivity index (χ0v) is 12.7. The van der Waals surface area contributed by atoms with Gasteiger partial charge in [-0.2, -0.15) is 0 Å². The molecular weight excluding hydrogens is 290 g/mol. The highest BCUT2D eigenvalue weighted by Gasteiger charge is 2.25. The van der Waals surface area contributed by atoms with Crippen LogP contribution in [0.15, 0.2) is 18.2 Å². The Labute approximate surface area is 128 Å². The van der Waals surface area contributed by atoms with Gasteiger partial charge in [0.2, 0.25) is 6.79 Å². The number of benzene rings is 1. The molecule has 0 aliphatic carbocycles. The number of carbonyl (C=O) groups excluding carboxylic acids is 1. The SMILES string of the molecule is CC(C)(C)OC(=O)N[C@H](Cc1ccc2c(c1)OCO2)C(=O)O. The van der Waals surface area contributed by atoms with E-state index in [2.05, 4.69) is 5.32 Å². The third-order valence-electron chi connectivity index (χ3n) is 2.87. The Bertz CT molecular complexity index is 578. The first-order valence-corrected chi connectivity index (χ1v) is 6.85. The average Bonchev–Trinajstić information content (AvgIpc) is 2.82. The quantitative estimate of drug-likeness (QED) is 0.882. The van der Waals surface area contributed by atoms with E-state index in [9.17, 15) is 14.7 Å². The van der Waals surface area contributed by atoms with Crippen LogP contribution in [0.4, 0.5) is 4.79 Å². The second-order valence-electron chi connectivity index (χ2n) is 5.93. The molecule has 120 valence electrons. The number of amides is 1. The van der Waals surface area contributed by atoms with Crippen molar-refractivity contribution in [3.8, 4) is 11.5 Å². The summed E-state index contributed by atoms with van der Waals surface area (Å²) in [6.45, 7) is 5.28. The van der Waals surface area contributed by atoms with Gasteiger partial charge in [-0.15, -0.1) is 0 Å². The van der Waals surface area contributed by atoms with E-state index in [0.29, 0.717) is 17.1 Å². The predicted molar refractivity (Wildman–Crippen MR) is 77.1 cm³/mol. The largest absolute Gasteiger partial charge is 0.480 e. The molecule has 0 aromatic heterocycles. The molecule has 22 heavy (non-hydrogen) atoms. The highest BCUT2D eigenvalue weighted by molar-refractivity contribution is 5.80. The lowest BCUT2D eigenvalue weighted by atomic mass is 10.1. The number of rotatable bonds is 4. The molecule has 1 amide bonds. The second kappa shape index (κ2) is 6.13. The molecule has 7 nitrogen and oxygen atoms in total. The molecule has 2 rings (SSSR count). The van der Waals surface area contributed by atoms with Crippen LogP contribution in [0.1, 0.15) is 26.3 Å². The molecule has 0 bridgehead atoms. The zero-order chi connectivity index (χ0) is 16.3. The van der Waals surface area contributed by atoms with Gasteiger partial charge >= 0.3 is 12.1 Å². The Balaban J connectivity index is 2.03. The molecule has 1 aliphatic rings. The average molecular weight is 309 g/mol. The van der Waals surface area contributed by atoms with Crippen LogP contribution in [-0.4, -0.2) is 35.6 Å². The molecule has 0 fully saturated rings. The smallest absolute Gasteiger partial charge is 0.408 e. The van der Waals surface area contributed by atoms with Gasteiger partial charge in [0.15, 0.2) is 11.5 Å².